The molecule has 0 aliphatic heterocycles. The number of benzene rings is 6. The van der Waals surface area contributed by atoms with E-state index in [1.165, 1.54) is 38.2 Å². The molecule has 0 aliphatic rings. The molecule has 208 valence electrons. The third-order valence-corrected chi connectivity index (χ3v) is 9.86. The van der Waals surface area contributed by atoms with Crippen LogP contribution in [0.3, 0.4) is 0 Å². The van der Waals surface area contributed by atoms with E-state index < -0.39 is 0 Å². The highest BCUT2D eigenvalue weighted by atomic mass is 32.1. The lowest BCUT2D eigenvalue weighted by atomic mass is 10.0. The Morgan fingerprint density at radius 2 is 1.52 bits per heavy atom. The van der Waals surface area contributed by atoms with Gasteiger partial charge < -0.3 is 8.98 Å². The van der Waals surface area contributed by atoms with Crippen LogP contribution in [0, 0.1) is 0 Å². The topological polar surface area (TPSA) is 31.0 Å². The summed E-state index contributed by atoms with van der Waals surface area (Å²) in [6.07, 6.45) is 3.87. The minimum absolute atomic E-state index is 0.888. The summed E-state index contributed by atoms with van der Waals surface area (Å²) in [6.45, 7) is 5.96. The standard InChI is InChI=1S/C40H26N2OS/c1-3-8-24(2)26-15-19-36-32(21-26)38-37(43-36)20-18-33-39(38)44-40(41-33)25-13-16-29(17-14-25)42-34-12-7-6-11-30(34)31-22-27-9-4-5-10-28(27)23-35(31)42/h3-23H,1H2,2H3/b24-8+. The fourth-order valence-corrected chi connectivity index (χ4v) is 7.70. The summed E-state index contributed by atoms with van der Waals surface area (Å²) in [6, 6.07) is 41.2. The third kappa shape index (κ3) is 3.71. The van der Waals surface area contributed by atoms with Crippen molar-refractivity contribution in [3.05, 3.63) is 140 Å². The van der Waals surface area contributed by atoms with Gasteiger partial charge in [0.05, 0.1) is 21.3 Å². The molecular formula is C40H26N2OS. The predicted molar refractivity (Wildman–Crippen MR) is 188 cm³/mol. The Bertz CT molecular complexity index is 2630. The molecule has 0 saturated carbocycles. The molecule has 0 amide bonds. The molecule has 9 rings (SSSR count). The van der Waals surface area contributed by atoms with Crippen LogP contribution in [0.25, 0.3) is 86.6 Å². The molecule has 6 aromatic carbocycles. The molecule has 0 atom stereocenters. The van der Waals surface area contributed by atoms with Gasteiger partial charge in [-0.15, -0.1) is 11.3 Å². The molecule has 0 fully saturated rings. The van der Waals surface area contributed by atoms with Crippen molar-refractivity contribution in [2.75, 3.05) is 0 Å². The Balaban J connectivity index is 1.18. The van der Waals surface area contributed by atoms with Gasteiger partial charge in [0.15, 0.2) is 0 Å². The van der Waals surface area contributed by atoms with Gasteiger partial charge in [-0.3, -0.25) is 0 Å². The number of para-hydroxylation sites is 1. The lowest BCUT2D eigenvalue weighted by Gasteiger charge is -2.09. The molecule has 4 heteroatoms. The Morgan fingerprint density at radius 1 is 0.750 bits per heavy atom. The number of nitrogens with zero attached hydrogens (tertiary/aromatic N) is 2. The van der Waals surface area contributed by atoms with Gasteiger partial charge in [-0.25, -0.2) is 4.98 Å². The molecule has 0 unspecified atom stereocenters. The first kappa shape index (κ1) is 25.1. The number of rotatable bonds is 4. The molecule has 0 spiro atoms. The molecule has 0 saturated heterocycles. The van der Waals surface area contributed by atoms with E-state index in [2.05, 4.69) is 127 Å². The smallest absolute Gasteiger partial charge is 0.137 e. The number of fused-ring (bicyclic) bond motifs is 9. The van der Waals surface area contributed by atoms with Crippen LogP contribution in [-0.4, -0.2) is 9.55 Å². The van der Waals surface area contributed by atoms with E-state index in [1.54, 1.807) is 11.3 Å². The average molecular weight is 583 g/mol. The maximum absolute atomic E-state index is 6.26. The summed E-state index contributed by atoms with van der Waals surface area (Å²) >= 11 is 1.73. The van der Waals surface area contributed by atoms with E-state index in [0.717, 1.165) is 54.0 Å². The first-order valence-electron chi connectivity index (χ1n) is 14.7. The quantitative estimate of drug-likeness (QED) is 0.193. The van der Waals surface area contributed by atoms with Gasteiger partial charge in [0.25, 0.3) is 0 Å². The van der Waals surface area contributed by atoms with Crippen LogP contribution < -0.4 is 0 Å². The molecule has 0 N–H and O–H groups in total. The van der Waals surface area contributed by atoms with E-state index >= 15 is 0 Å². The number of allylic oxidation sites excluding steroid dienone is 3. The number of hydrogen-bond donors (Lipinski definition) is 0. The van der Waals surface area contributed by atoms with Gasteiger partial charge in [-0.2, -0.15) is 0 Å². The molecule has 0 aliphatic carbocycles. The second-order valence-electron chi connectivity index (χ2n) is 11.3. The zero-order chi connectivity index (χ0) is 29.4. The highest BCUT2D eigenvalue weighted by molar-refractivity contribution is 7.22. The Morgan fingerprint density at radius 3 is 2.36 bits per heavy atom. The van der Waals surface area contributed by atoms with Gasteiger partial charge in [0, 0.05) is 32.8 Å². The predicted octanol–water partition coefficient (Wildman–Crippen LogP) is 11.7. The molecular weight excluding hydrogens is 557 g/mol. The van der Waals surface area contributed by atoms with E-state index in [1.807, 2.05) is 18.2 Å². The normalized spacial score (nSPS) is 12.4. The molecule has 3 aromatic heterocycles. The van der Waals surface area contributed by atoms with E-state index in [0.29, 0.717) is 0 Å². The number of hydrogen-bond acceptors (Lipinski definition) is 3. The first-order valence-corrected chi connectivity index (χ1v) is 15.6. The van der Waals surface area contributed by atoms with Crippen molar-refractivity contribution in [1.82, 2.24) is 9.55 Å². The van der Waals surface area contributed by atoms with Crippen molar-refractivity contribution in [1.29, 1.82) is 0 Å². The lowest BCUT2D eigenvalue weighted by molar-refractivity contribution is 0.669. The summed E-state index contributed by atoms with van der Waals surface area (Å²) in [7, 11) is 0. The summed E-state index contributed by atoms with van der Waals surface area (Å²) in [5.74, 6) is 0. The molecule has 44 heavy (non-hydrogen) atoms. The van der Waals surface area contributed by atoms with Crippen molar-refractivity contribution < 1.29 is 4.42 Å². The zero-order valence-corrected chi connectivity index (χ0v) is 24.9. The SMILES string of the molecule is C=C/C=C(\C)c1ccc2oc3ccc4nc(-c5ccc(-n6c7ccccc7c7cc8ccccc8cc76)cc5)sc4c3c2c1. The molecule has 3 nitrogen and oxygen atoms in total. The zero-order valence-electron chi connectivity index (χ0n) is 24.0. The maximum Gasteiger partial charge on any atom is 0.137 e. The highest BCUT2D eigenvalue weighted by Gasteiger charge is 2.17. The second kappa shape index (κ2) is 9.53. The Hall–Kier alpha value is -5.45. The Kier molecular flexibility index (Phi) is 5.43. The number of furan rings is 1. The van der Waals surface area contributed by atoms with Crippen LogP contribution in [0.15, 0.2) is 138 Å². The second-order valence-corrected chi connectivity index (χ2v) is 12.3. The first-order chi connectivity index (χ1) is 21.7. The summed E-state index contributed by atoms with van der Waals surface area (Å²) in [5.41, 5.74) is 9.76. The van der Waals surface area contributed by atoms with Gasteiger partial charge >= 0.3 is 0 Å². The minimum Gasteiger partial charge on any atom is -0.456 e. The van der Waals surface area contributed by atoms with Crippen molar-refractivity contribution >= 4 is 81.6 Å². The Labute approximate surface area is 257 Å². The highest BCUT2D eigenvalue weighted by Crippen LogP contribution is 2.41. The van der Waals surface area contributed by atoms with E-state index in [-0.39, 0.29) is 0 Å². The van der Waals surface area contributed by atoms with Crippen molar-refractivity contribution in [3.8, 4) is 16.3 Å². The van der Waals surface area contributed by atoms with Crippen molar-refractivity contribution in [3.63, 3.8) is 0 Å². The van der Waals surface area contributed by atoms with Crippen molar-refractivity contribution in [2.45, 2.75) is 6.92 Å². The van der Waals surface area contributed by atoms with Crippen LogP contribution >= 0.6 is 11.3 Å². The average Bonchev–Trinajstić information content (AvgIpc) is 3.75. The third-order valence-electron chi connectivity index (χ3n) is 8.72. The summed E-state index contributed by atoms with van der Waals surface area (Å²) in [4.78, 5) is 5.08. The van der Waals surface area contributed by atoms with E-state index in [9.17, 15) is 0 Å². The molecule has 0 radical (unpaired) electrons. The number of aromatic nitrogens is 2. The lowest BCUT2D eigenvalue weighted by Crippen LogP contribution is -1.93. The minimum atomic E-state index is 0.888. The van der Waals surface area contributed by atoms with Crippen LogP contribution in [0.2, 0.25) is 0 Å². The molecule has 3 heterocycles. The fraction of sp³-hybridized carbons (Fsp3) is 0.0250. The monoisotopic (exact) mass is 582 g/mol. The van der Waals surface area contributed by atoms with Crippen LogP contribution in [0.4, 0.5) is 0 Å². The largest absolute Gasteiger partial charge is 0.456 e. The fourth-order valence-electron chi connectivity index (χ4n) is 6.57. The number of thiazole rings is 1. The summed E-state index contributed by atoms with van der Waals surface area (Å²) < 4.78 is 9.79. The van der Waals surface area contributed by atoms with Gasteiger partial charge in [-0.05, 0) is 95.6 Å². The van der Waals surface area contributed by atoms with Crippen LogP contribution in [-0.2, 0) is 0 Å². The van der Waals surface area contributed by atoms with Crippen LogP contribution in [0.1, 0.15) is 12.5 Å². The van der Waals surface area contributed by atoms with E-state index in [4.69, 9.17) is 9.40 Å². The summed E-state index contributed by atoms with van der Waals surface area (Å²) in [5, 5.41) is 8.27. The van der Waals surface area contributed by atoms with Gasteiger partial charge in [0.2, 0.25) is 0 Å². The van der Waals surface area contributed by atoms with Crippen molar-refractivity contribution in [2.24, 2.45) is 0 Å². The van der Waals surface area contributed by atoms with Gasteiger partial charge in [0.1, 0.15) is 16.2 Å². The van der Waals surface area contributed by atoms with Crippen LogP contribution in [0.5, 0.6) is 0 Å². The van der Waals surface area contributed by atoms with Gasteiger partial charge in [-0.1, -0.05) is 67.3 Å². The molecule has 9 aromatic rings. The molecule has 0 bridgehead atoms. The maximum atomic E-state index is 6.26.